The summed E-state index contributed by atoms with van der Waals surface area (Å²) in [6.07, 6.45) is 3.40. The van der Waals surface area contributed by atoms with E-state index in [0.29, 0.717) is 11.7 Å². The van der Waals surface area contributed by atoms with Gasteiger partial charge in [0.1, 0.15) is 5.78 Å². The molecule has 0 radical (unpaired) electrons. The monoisotopic (exact) mass is 194 g/mol. The summed E-state index contributed by atoms with van der Waals surface area (Å²) in [5, 5.41) is 0. The molecule has 4 aliphatic carbocycles. The van der Waals surface area contributed by atoms with Crippen LogP contribution in [-0.2, 0) is 14.3 Å². The highest BCUT2D eigenvalue weighted by Gasteiger charge is 2.65. The minimum absolute atomic E-state index is 0.0694. The van der Waals surface area contributed by atoms with Crippen LogP contribution < -0.4 is 0 Å². The second kappa shape index (κ2) is 2.38. The summed E-state index contributed by atoms with van der Waals surface area (Å²) in [5.74, 6) is 1.12. The van der Waals surface area contributed by atoms with Crippen molar-refractivity contribution in [3.8, 4) is 0 Å². The molecule has 4 saturated carbocycles. The Morgan fingerprint density at radius 3 is 2.43 bits per heavy atom. The molecule has 2 atom stereocenters. The van der Waals surface area contributed by atoms with Gasteiger partial charge in [0.25, 0.3) is 0 Å². The quantitative estimate of drug-likeness (QED) is 0.588. The van der Waals surface area contributed by atoms with E-state index >= 15 is 0 Å². The Bertz CT molecular complexity index is 302. The second-order valence-electron chi connectivity index (χ2n) is 5.02. The molecular weight excluding hydrogens is 180 g/mol. The number of hydrogen-bond acceptors (Lipinski definition) is 3. The maximum absolute atomic E-state index is 11.8. The van der Waals surface area contributed by atoms with Crippen LogP contribution in [0.3, 0.4) is 0 Å². The molecule has 0 saturated heterocycles. The molecule has 4 aliphatic rings. The van der Waals surface area contributed by atoms with Gasteiger partial charge in [-0.05, 0) is 31.6 Å². The number of ether oxygens (including phenoxy) is 1. The van der Waals surface area contributed by atoms with Gasteiger partial charge in [-0.2, -0.15) is 0 Å². The molecule has 4 bridgehead atoms. The van der Waals surface area contributed by atoms with E-state index in [4.69, 9.17) is 4.74 Å². The van der Waals surface area contributed by atoms with Gasteiger partial charge in [0.15, 0.2) is 0 Å². The summed E-state index contributed by atoms with van der Waals surface area (Å²) >= 11 is 0. The van der Waals surface area contributed by atoms with E-state index in [1.54, 1.807) is 0 Å². The van der Waals surface area contributed by atoms with Gasteiger partial charge in [-0.15, -0.1) is 0 Å². The van der Waals surface area contributed by atoms with Gasteiger partial charge in [0, 0.05) is 11.8 Å². The van der Waals surface area contributed by atoms with Crippen molar-refractivity contribution >= 4 is 11.8 Å². The van der Waals surface area contributed by atoms with Crippen molar-refractivity contribution in [2.45, 2.75) is 25.7 Å². The third-order valence-electron chi connectivity index (χ3n) is 4.54. The maximum atomic E-state index is 11.8. The van der Waals surface area contributed by atoms with E-state index < -0.39 is 0 Å². The van der Waals surface area contributed by atoms with Gasteiger partial charge in [0.2, 0.25) is 0 Å². The standard InChI is InChI=1S/C11H14O3/c1-14-10(13)11-4-6-2-8(11)3-7(5-11)9(6)12/h6-8H,2-5H2,1H3. The number of ketones is 1. The summed E-state index contributed by atoms with van der Waals surface area (Å²) in [6, 6.07) is 0. The van der Waals surface area contributed by atoms with Crippen LogP contribution in [0.1, 0.15) is 25.7 Å². The first-order valence-corrected chi connectivity index (χ1v) is 5.29. The largest absolute Gasteiger partial charge is 0.469 e. The lowest BCUT2D eigenvalue weighted by molar-refractivity contribution is -0.155. The smallest absolute Gasteiger partial charge is 0.312 e. The first kappa shape index (κ1) is 8.45. The van der Waals surface area contributed by atoms with Gasteiger partial charge in [-0.3, -0.25) is 9.59 Å². The van der Waals surface area contributed by atoms with Crippen molar-refractivity contribution in [3.63, 3.8) is 0 Å². The van der Waals surface area contributed by atoms with Crippen LogP contribution in [0.5, 0.6) is 0 Å². The third-order valence-corrected chi connectivity index (χ3v) is 4.54. The SMILES string of the molecule is COC(=O)C12CC3CC1CC(C2)C3=O. The zero-order valence-corrected chi connectivity index (χ0v) is 8.29. The van der Waals surface area contributed by atoms with Crippen molar-refractivity contribution in [1.29, 1.82) is 0 Å². The highest BCUT2D eigenvalue weighted by molar-refractivity contribution is 5.91. The predicted molar refractivity (Wildman–Crippen MR) is 48.4 cm³/mol. The van der Waals surface area contributed by atoms with Crippen molar-refractivity contribution in [2.24, 2.45) is 23.2 Å². The van der Waals surface area contributed by atoms with E-state index in [1.165, 1.54) is 7.11 Å². The lowest BCUT2D eigenvalue weighted by Gasteiger charge is -2.29. The minimum Gasteiger partial charge on any atom is -0.469 e. The summed E-state index contributed by atoms with van der Waals surface area (Å²) < 4.78 is 4.89. The molecule has 0 amide bonds. The van der Waals surface area contributed by atoms with Crippen LogP contribution in [-0.4, -0.2) is 18.9 Å². The minimum atomic E-state index is -0.266. The Kier molecular flexibility index (Phi) is 1.44. The molecule has 14 heavy (non-hydrogen) atoms. The molecule has 0 N–H and O–H groups in total. The number of hydrogen-bond donors (Lipinski definition) is 0. The number of carbonyl (C=O) groups excluding carboxylic acids is 2. The Morgan fingerprint density at radius 2 is 1.93 bits per heavy atom. The average molecular weight is 194 g/mol. The molecule has 76 valence electrons. The van der Waals surface area contributed by atoms with Crippen LogP contribution in [0.2, 0.25) is 0 Å². The highest BCUT2D eigenvalue weighted by Crippen LogP contribution is 2.64. The van der Waals surface area contributed by atoms with Crippen molar-refractivity contribution < 1.29 is 14.3 Å². The molecule has 3 nitrogen and oxygen atoms in total. The summed E-state index contributed by atoms with van der Waals surface area (Å²) in [4.78, 5) is 23.5. The Morgan fingerprint density at radius 1 is 1.36 bits per heavy atom. The van der Waals surface area contributed by atoms with Crippen LogP contribution >= 0.6 is 0 Å². The van der Waals surface area contributed by atoms with E-state index in [0.717, 1.165) is 25.7 Å². The van der Waals surface area contributed by atoms with Crippen LogP contribution in [0.25, 0.3) is 0 Å². The first-order valence-electron chi connectivity index (χ1n) is 5.29. The fourth-order valence-electron chi connectivity index (χ4n) is 4.00. The lowest BCUT2D eigenvalue weighted by Crippen LogP contribution is -2.36. The van der Waals surface area contributed by atoms with Crippen molar-refractivity contribution in [1.82, 2.24) is 0 Å². The molecule has 0 aliphatic heterocycles. The molecule has 3 heteroatoms. The number of methoxy groups -OCH3 is 1. The molecule has 4 fully saturated rings. The molecule has 0 aromatic heterocycles. The Balaban J connectivity index is 1.99. The highest BCUT2D eigenvalue weighted by atomic mass is 16.5. The third kappa shape index (κ3) is 0.748. The van der Waals surface area contributed by atoms with E-state index in [2.05, 4.69) is 0 Å². The second-order valence-corrected chi connectivity index (χ2v) is 5.02. The zero-order valence-electron chi connectivity index (χ0n) is 8.29. The van der Waals surface area contributed by atoms with Crippen LogP contribution in [0, 0.1) is 23.2 Å². The van der Waals surface area contributed by atoms with Gasteiger partial charge in [-0.1, -0.05) is 0 Å². The lowest BCUT2D eigenvalue weighted by atomic mass is 9.75. The zero-order chi connectivity index (χ0) is 9.92. The predicted octanol–water partition coefficient (Wildman–Crippen LogP) is 1.16. The number of esters is 1. The first-order chi connectivity index (χ1) is 6.67. The van der Waals surface area contributed by atoms with Crippen LogP contribution in [0.4, 0.5) is 0 Å². The van der Waals surface area contributed by atoms with Gasteiger partial charge >= 0.3 is 5.97 Å². The Labute approximate surface area is 82.8 Å². The average Bonchev–Trinajstić information content (AvgIpc) is 2.62. The summed E-state index contributed by atoms with van der Waals surface area (Å²) in [7, 11) is 1.46. The van der Waals surface area contributed by atoms with E-state index in [1.807, 2.05) is 0 Å². The van der Waals surface area contributed by atoms with E-state index in [-0.39, 0.29) is 23.2 Å². The topological polar surface area (TPSA) is 43.4 Å². The van der Waals surface area contributed by atoms with Gasteiger partial charge < -0.3 is 4.74 Å². The van der Waals surface area contributed by atoms with Gasteiger partial charge in [0.05, 0.1) is 12.5 Å². The molecule has 0 heterocycles. The molecule has 0 aromatic carbocycles. The van der Waals surface area contributed by atoms with Crippen LogP contribution in [0.15, 0.2) is 0 Å². The van der Waals surface area contributed by atoms with Crippen molar-refractivity contribution in [3.05, 3.63) is 0 Å². The number of carbonyl (C=O) groups is 2. The molecule has 0 aromatic rings. The fraction of sp³-hybridized carbons (Fsp3) is 0.818. The Hall–Kier alpha value is -0.860. The summed E-state index contributed by atoms with van der Waals surface area (Å²) in [6.45, 7) is 0. The number of rotatable bonds is 1. The molecule has 4 rings (SSSR count). The van der Waals surface area contributed by atoms with Gasteiger partial charge in [-0.25, -0.2) is 0 Å². The molecule has 0 spiro atoms. The summed E-state index contributed by atoms with van der Waals surface area (Å²) in [5.41, 5.74) is -0.266. The number of Topliss-reactive ketones (excluding diaryl/α,β-unsaturated/α-hetero) is 1. The normalized spacial score (nSPS) is 48.6. The fourth-order valence-corrected chi connectivity index (χ4v) is 4.00. The van der Waals surface area contributed by atoms with Crippen molar-refractivity contribution in [2.75, 3.05) is 7.11 Å². The molecule has 2 unspecified atom stereocenters. The maximum Gasteiger partial charge on any atom is 0.312 e. The van der Waals surface area contributed by atoms with E-state index in [9.17, 15) is 9.59 Å². The molecular formula is C11H14O3.